The molecule has 1 saturated heterocycles. The van der Waals surface area contributed by atoms with Crippen molar-refractivity contribution in [2.24, 2.45) is 0 Å². The number of amides is 3. The summed E-state index contributed by atoms with van der Waals surface area (Å²) in [6.07, 6.45) is -3.49. The topological polar surface area (TPSA) is 152 Å². The molecule has 2 aliphatic heterocycles. The molecule has 1 fully saturated rings. The van der Waals surface area contributed by atoms with E-state index in [4.69, 9.17) is 14.4 Å². The van der Waals surface area contributed by atoms with Crippen LogP contribution in [0.4, 0.5) is 15.3 Å². The summed E-state index contributed by atoms with van der Waals surface area (Å²) in [5.41, 5.74) is 1.67. The van der Waals surface area contributed by atoms with Gasteiger partial charge in [0.25, 0.3) is 18.1 Å². The first-order valence-electron chi connectivity index (χ1n) is 9.66. The van der Waals surface area contributed by atoms with Crippen LogP contribution >= 0.6 is 0 Å². The Morgan fingerprint density at radius 3 is 2.36 bits per heavy atom. The summed E-state index contributed by atoms with van der Waals surface area (Å²) in [6.45, 7) is -0.251. The number of carbonyl (C=O) groups is 4. The maximum absolute atomic E-state index is 12.5. The van der Waals surface area contributed by atoms with Crippen LogP contribution in [0.3, 0.4) is 0 Å². The smallest absolute Gasteiger partial charge is 0.450 e. The maximum Gasteiger partial charge on any atom is 0.508 e. The van der Waals surface area contributed by atoms with Gasteiger partial charge in [0.15, 0.2) is 0 Å². The van der Waals surface area contributed by atoms with Gasteiger partial charge in [-0.05, 0) is 36.4 Å². The number of imide groups is 1. The molecule has 3 aromatic rings. The van der Waals surface area contributed by atoms with E-state index in [0.29, 0.717) is 22.4 Å². The highest BCUT2D eigenvalue weighted by molar-refractivity contribution is 6.21. The minimum absolute atomic E-state index is 0.0837. The van der Waals surface area contributed by atoms with Crippen molar-refractivity contribution < 1.29 is 38.3 Å². The Balaban J connectivity index is 1.28. The van der Waals surface area contributed by atoms with Gasteiger partial charge in [-0.3, -0.25) is 19.4 Å². The van der Waals surface area contributed by atoms with E-state index in [1.54, 1.807) is 48.5 Å². The van der Waals surface area contributed by atoms with Crippen molar-refractivity contribution in [3.8, 4) is 11.4 Å². The Morgan fingerprint density at radius 2 is 1.73 bits per heavy atom. The van der Waals surface area contributed by atoms with E-state index in [1.165, 1.54) is 4.90 Å². The number of carboxylic acid groups (broad SMARTS) is 1. The molecular formula is C21H14N4O8. The Bertz CT molecular complexity index is 1250. The molecular weight excluding hydrogens is 436 g/mol. The second-order valence-corrected chi connectivity index (χ2v) is 7.11. The quantitative estimate of drug-likeness (QED) is 0.453. The van der Waals surface area contributed by atoms with Gasteiger partial charge >= 0.3 is 12.2 Å². The maximum atomic E-state index is 12.5. The van der Waals surface area contributed by atoms with E-state index in [0.717, 1.165) is 4.90 Å². The first-order valence-corrected chi connectivity index (χ1v) is 9.66. The van der Waals surface area contributed by atoms with Crippen molar-refractivity contribution in [2.45, 2.75) is 12.8 Å². The predicted molar refractivity (Wildman–Crippen MR) is 107 cm³/mol. The van der Waals surface area contributed by atoms with Crippen LogP contribution in [0, 0.1) is 0 Å². The molecule has 3 heterocycles. The molecule has 33 heavy (non-hydrogen) atoms. The number of anilines is 1. The molecule has 12 heteroatoms. The molecule has 3 amide bonds. The molecule has 12 nitrogen and oxygen atoms in total. The monoisotopic (exact) mass is 450 g/mol. The molecule has 1 N–H and O–H groups in total. The summed E-state index contributed by atoms with van der Waals surface area (Å²) in [7, 11) is 0. The number of benzene rings is 2. The summed E-state index contributed by atoms with van der Waals surface area (Å²) in [5, 5.41) is 12.5. The van der Waals surface area contributed by atoms with Crippen LogP contribution < -0.4 is 4.90 Å². The Morgan fingerprint density at radius 1 is 1.06 bits per heavy atom. The van der Waals surface area contributed by atoms with Gasteiger partial charge in [-0.25, -0.2) is 9.59 Å². The molecule has 2 aliphatic rings. The summed E-state index contributed by atoms with van der Waals surface area (Å²) in [5.74, 6) is -0.547. The molecule has 5 rings (SSSR count). The fraction of sp³-hybridized carbons (Fsp3) is 0.143. The minimum atomic E-state index is -1.54. The predicted octanol–water partition coefficient (Wildman–Crippen LogP) is 2.51. The second-order valence-electron chi connectivity index (χ2n) is 7.11. The summed E-state index contributed by atoms with van der Waals surface area (Å²) >= 11 is 0. The number of carbonyl (C=O) groups excluding carboxylic acids is 3. The van der Waals surface area contributed by atoms with Crippen LogP contribution in [0.2, 0.25) is 0 Å². The summed E-state index contributed by atoms with van der Waals surface area (Å²) < 4.78 is 14.5. The van der Waals surface area contributed by atoms with Crippen molar-refractivity contribution in [1.82, 2.24) is 15.0 Å². The second kappa shape index (κ2) is 7.75. The van der Waals surface area contributed by atoms with Crippen LogP contribution in [-0.2, 0) is 16.0 Å². The van der Waals surface area contributed by atoms with Crippen LogP contribution in [0.5, 0.6) is 0 Å². The molecule has 1 atom stereocenters. The van der Waals surface area contributed by atoms with E-state index in [1.807, 2.05) is 0 Å². The van der Waals surface area contributed by atoms with Gasteiger partial charge in [0.2, 0.25) is 11.7 Å². The first kappa shape index (κ1) is 20.2. The number of ether oxygens (including phenoxy) is 2. The lowest BCUT2D eigenvalue weighted by atomic mass is 10.1. The summed E-state index contributed by atoms with van der Waals surface area (Å²) in [4.78, 5) is 54.1. The number of hydrogen-bond acceptors (Lipinski definition) is 9. The number of fused-ring (bicyclic) bond motifs is 1. The fourth-order valence-corrected chi connectivity index (χ4v) is 3.57. The highest BCUT2D eigenvalue weighted by atomic mass is 16.8. The van der Waals surface area contributed by atoms with Crippen molar-refractivity contribution in [2.75, 3.05) is 11.4 Å². The van der Waals surface area contributed by atoms with E-state index < -0.39 is 30.4 Å². The average molecular weight is 450 g/mol. The molecule has 0 spiro atoms. The Kier molecular flexibility index (Phi) is 4.74. The zero-order valence-corrected chi connectivity index (χ0v) is 16.7. The molecule has 0 bridgehead atoms. The highest BCUT2D eigenvalue weighted by Crippen LogP contribution is 2.27. The third-order valence-corrected chi connectivity index (χ3v) is 5.09. The zero-order valence-electron chi connectivity index (χ0n) is 16.7. The third-order valence-electron chi connectivity index (χ3n) is 5.09. The SMILES string of the molecule is O=C(O)OC1CN(c2ccc(-c3noc(CN4C(=O)c5ccccc5C4=O)n3)cc2)C(=O)O1. The molecule has 0 saturated carbocycles. The third kappa shape index (κ3) is 3.63. The Labute approximate surface area is 184 Å². The van der Waals surface area contributed by atoms with Gasteiger partial charge < -0.3 is 19.1 Å². The standard InChI is InChI=1S/C21H14N4O8/c26-18-13-3-1-2-4-14(13)19(27)25(18)9-15-22-17(23-33-15)11-5-7-12(8-6-11)24-10-16(31-20(24)28)32-21(29)30/h1-8,16H,9-10H2,(H,29,30). The van der Waals surface area contributed by atoms with Crippen molar-refractivity contribution in [3.05, 3.63) is 65.5 Å². The van der Waals surface area contributed by atoms with Gasteiger partial charge in [-0.15, -0.1) is 0 Å². The fourth-order valence-electron chi connectivity index (χ4n) is 3.57. The average Bonchev–Trinajstić information content (AvgIpc) is 3.48. The molecule has 0 aliphatic carbocycles. The van der Waals surface area contributed by atoms with Crippen LogP contribution in [-0.4, -0.2) is 57.0 Å². The number of aromatic nitrogens is 2. The lowest BCUT2D eigenvalue weighted by Gasteiger charge is -2.12. The van der Waals surface area contributed by atoms with Crippen LogP contribution in [0.15, 0.2) is 53.1 Å². The molecule has 1 aromatic heterocycles. The molecule has 2 aromatic carbocycles. The van der Waals surface area contributed by atoms with Gasteiger partial charge in [0.1, 0.15) is 13.1 Å². The van der Waals surface area contributed by atoms with E-state index in [2.05, 4.69) is 14.9 Å². The number of rotatable bonds is 5. The first-order chi connectivity index (χ1) is 15.9. The van der Waals surface area contributed by atoms with Gasteiger partial charge in [0, 0.05) is 11.3 Å². The van der Waals surface area contributed by atoms with Crippen LogP contribution in [0.25, 0.3) is 11.4 Å². The van der Waals surface area contributed by atoms with E-state index in [-0.39, 0.29) is 24.8 Å². The number of cyclic esters (lactones) is 1. The van der Waals surface area contributed by atoms with Gasteiger partial charge in [-0.2, -0.15) is 4.98 Å². The minimum Gasteiger partial charge on any atom is -0.450 e. The molecule has 166 valence electrons. The van der Waals surface area contributed by atoms with Crippen molar-refractivity contribution in [1.29, 1.82) is 0 Å². The Hall–Kier alpha value is -4.74. The molecule has 0 radical (unpaired) electrons. The molecule has 1 unspecified atom stereocenters. The van der Waals surface area contributed by atoms with Gasteiger partial charge in [-0.1, -0.05) is 17.3 Å². The van der Waals surface area contributed by atoms with E-state index >= 15 is 0 Å². The number of nitrogens with zero attached hydrogens (tertiary/aromatic N) is 4. The largest absolute Gasteiger partial charge is 0.508 e. The summed E-state index contributed by atoms with van der Waals surface area (Å²) in [6, 6.07) is 13.0. The van der Waals surface area contributed by atoms with Crippen molar-refractivity contribution >= 4 is 29.8 Å². The lowest BCUT2D eigenvalue weighted by molar-refractivity contribution is -0.0491. The van der Waals surface area contributed by atoms with E-state index in [9.17, 15) is 19.2 Å². The van der Waals surface area contributed by atoms with Crippen LogP contribution in [0.1, 0.15) is 26.6 Å². The van der Waals surface area contributed by atoms with Crippen molar-refractivity contribution in [3.63, 3.8) is 0 Å². The zero-order chi connectivity index (χ0) is 23.1. The van der Waals surface area contributed by atoms with Gasteiger partial charge in [0.05, 0.1) is 11.1 Å². The normalized spacial score (nSPS) is 17.3. The lowest BCUT2D eigenvalue weighted by Crippen LogP contribution is -2.29. The number of hydrogen-bond donors (Lipinski definition) is 1. The highest BCUT2D eigenvalue weighted by Gasteiger charge is 2.37.